The Morgan fingerprint density at radius 3 is 1.88 bits per heavy atom. The van der Waals surface area contributed by atoms with Gasteiger partial charge >= 0.3 is 0 Å². The summed E-state index contributed by atoms with van der Waals surface area (Å²) in [6.45, 7) is 0. The number of nitro benzene ring substituents is 1. The highest BCUT2D eigenvalue weighted by atomic mass is 32.2. The van der Waals surface area contributed by atoms with E-state index < -0.39 is 4.92 Å². The fraction of sp³-hybridized carbons (Fsp3) is 0. The molecule has 3 aromatic carbocycles. The minimum absolute atomic E-state index is 0.00288. The van der Waals surface area contributed by atoms with Gasteiger partial charge in [0.15, 0.2) is 6.21 Å². The van der Waals surface area contributed by atoms with Crippen LogP contribution in [0.1, 0.15) is 5.56 Å². The van der Waals surface area contributed by atoms with Crippen molar-refractivity contribution in [2.75, 3.05) is 0 Å². The van der Waals surface area contributed by atoms with E-state index in [0.29, 0.717) is 11.3 Å². The van der Waals surface area contributed by atoms with Crippen LogP contribution in [0, 0.1) is 15.3 Å². The molecule has 0 radical (unpaired) electrons. The van der Waals surface area contributed by atoms with Crippen LogP contribution in [0.25, 0.3) is 0 Å². The van der Waals surface area contributed by atoms with Gasteiger partial charge in [-0.1, -0.05) is 30.0 Å². The smallest absolute Gasteiger partial charge is 0.269 e. The second-order valence-corrected chi connectivity index (χ2v) is 6.36. The summed E-state index contributed by atoms with van der Waals surface area (Å²) < 4.78 is 0.748. The molecule has 0 saturated carbocycles. The number of nitrogens with zero attached hydrogens (tertiary/aromatic N) is 2. The van der Waals surface area contributed by atoms with Gasteiger partial charge in [-0.25, -0.2) is 0 Å². The first-order chi connectivity index (χ1) is 12.1. The maximum absolute atomic E-state index is 12.2. The van der Waals surface area contributed by atoms with Gasteiger partial charge in [-0.2, -0.15) is 4.74 Å². The molecule has 0 amide bonds. The standard InChI is InChI=1S/C19H14N2O3S/c22-20(14-15-6-8-17(9-7-15)21(23)24)16-10-12-19(13-11-16)25-18-4-2-1-3-5-18/h1-14H. The molecule has 6 heteroatoms. The molecule has 3 aromatic rings. The fourth-order valence-electron chi connectivity index (χ4n) is 2.18. The molecule has 0 fully saturated rings. The highest BCUT2D eigenvalue weighted by Crippen LogP contribution is 2.28. The molecule has 0 unspecified atom stereocenters. The van der Waals surface area contributed by atoms with Gasteiger partial charge in [0.25, 0.3) is 5.69 Å². The molecule has 124 valence electrons. The number of nitro groups is 1. The summed E-state index contributed by atoms with van der Waals surface area (Å²) in [7, 11) is 0. The molecule has 0 spiro atoms. The Morgan fingerprint density at radius 2 is 1.28 bits per heavy atom. The largest absolute Gasteiger partial charge is 0.618 e. The fourth-order valence-corrected chi connectivity index (χ4v) is 3.02. The first-order valence-corrected chi connectivity index (χ1v) is 8.32. The maximum Gasteiger partial charge on any atom is 0.269 e. The molecule has 0 aliphatic rings. The van der Waals surface area contributed by atoms with Crippen LogP contribution in [-0.2, 0) is 0 Å². The Labute approximate surface area is 149 Å². The molecule has 0 N–H and O–H groups in total. The molecule has 0 atom stereocenters. The van der Waals surface area contributed by atoms with Crippen molar-refractivity contribution in [3.63, 3.8) is 0 Å². The Morgan fingerprint density at radius 1 is 0.720 bits per heavy atom. The molecule has 3 rings (SSSR count). The van der Waals surface area contributed by atoms with Gasteiger partial charge in [0, 0.05) is 39.6 Å². The number of benzene rings is 3. The monoisotopic (exact) mass is 350 g/mol. The van der Waals surface area contributed by atoms with Crippen LogP contribution in [0.2, 0.25) is 0 Å². The zero-order valence-corrected chi connectivity index (χ0v) is 13.9. The van der Waals surface area contributed by atoms with Crippen molar-refractivity contribution in [3.8, 4) is 0 Å². The lowest BCUT2D eigenvalue weighted by Crippen LogP contribution is -1.99. The third-order valence-electron chi connectivity index (χ3n) is 3.44. The molecule has 0 aliphatic heterocycles. The zero-order valence-electron chi connectivity index (χ0n) is 13.1. The van der Waals surface area contributed by atoms with Crippen molar-refractivity contribution in [2.24, 2.45) is 0 Å². The molecule has 0 bridgehead atoms. The first kappa shape index (κ1) is 16.7. The van der Waals surface area contributed by atoms with E-state index in [0.717, 1.165) is 14.5 Å². The van der Waals surface area contributed by atoms with Gasteiger partial charge in [-0.3, -0.25) is 10.1 Å². The summed E-state index contributed by atoms with van der Waals surface area (Å²) >= 11 is 1.62. The van der Waals surface area contributed by atoms with Gasteiger partial charge in [0.1, 0.15) is 0 Å². The van der Waals surface area contributed by atoms with Crippen LogP contribution in [0.4, 0.5) is 11.4 Å². The van der Waals surface area contributed by atoms with Crippen molar-refractivity contribution in [1.82, 2.24) is 0 Å². The SMILES string of the molecule is O=[N+]([O-])c1ccc(C=[N+]([O-])c2ccc(Sc3ccccc3)cc2)cc1. The number of hydrogen-bond donors (Lipinski definition) is 0. The lowest BCUT2D eigenvalue weighted by atomic mass is 10.2. The van der Waals surface area contributed by atoms with Crippen molar-refractivity contribution in [3.05, 3.63) is 99.7 Å². The van der Waals surface area contributed by atoms with Gasteiger partial charge in [0.05, 0.1) is 4.92 Å². The second kappa shape index (κ2) is 7.63. The summed E-state index contributed by atoms with van der Waals surface area (Å²) in [4.78, 5) is 12.3. The number of non-ortho nitro benzene ring substituents is 1. The van der Waals surface area contributed by atoms with Gasteiger partial charge in [-0.05, 0) is 36.4 Å². The summed E-state index contributed by atoms with van der Waals surface area (Å²) in [5.41, 5.74) is 1.09. The number of rotatable bonds is 5. The van der Waals surface area contributed by atoms with E-state index >= 15 is 0 Å². The van der Waals surface area contributed by atoms with Crippen molar-refractivity contribution < 1.29 is 9.66 Å². The van der Waals surface area contributed by atoms with Gasteiger partial charge in [-0.15, -0.1) is 0 Å². The number of hydrogen-bond acceptors (Lipinski definition) is 4. The highest BCUT2D eigenvalue weighted by Gasteiger charge is 2.06. The zero-order chi connectivity index (χ0) is 17.6. The molecule has 0 aromatic heterocycles. The molecular weight excluding hydrogens is 336 g/mol. The Kier molecular flexibility index (Phi) is 5.11. The summed E-state index contributed by atoms with van der Waals surface area (Å²) in [6.07, 6.45) is 1.39. The molecule has 0 heterocycles. The average Bonchev–Trinajstić information content (AvgIpc) is 2.63. The Hall–Kier alpha value is -3.12. The van der Waals surface area contributed by atoms with Crippen LogP contribution in [0.15, 0.2) is 88.7 Å². The van der Waals surface area contributed by atoms with E-state index in [1.54, 1.807) is 36.0 Å². The molecule has 0 aliphatic carbocycles. The van der Waals surface area contributed by atoms with E-state index in [1.165, 1.54) is 18.3 Å². The molecule has 25 heavy (non-hydrogen) atoms. The molecule has 5 nitrogen and oxygen atoms in total. The topological polar surface area (TPSA) is 69.2 Å². The third-order valence-corrected chi connectivity index (χ3v) is 4.46. The van der Waals surface area contributed by atoms with E-state index in [2.05, 4.69) is 0 Å². The summed E-state index contributed by atoms with van der Waals surface area (Å²) in [5, 5.41) is 22.9. The van der Waals surface area contributed by atoms with Gasteiger partial charge in [0.2, 0.25) is 5.69 Å². The van der Waals surface area contributed by atoms with Crippen LogP contribution in [0.3, 0.4) is 0 Å². The first-order valence-electron chi connectivity index (χ1n) is 7.50. The molecular formula is C19H14N2O3S. The average molecular weight is 350 g/mol. The quantitative estimate of drug-likeness (QED) is 0.213. The third kappa shape index (κ3) is 4.45. The maximum atomic E-state index is 12.2. The molecule has 0 saturated heterocycles. The summed E-state index contributed by atoms with van der Waals surface area (Å²) in [5.74, 6) is 0. The minimum atomic E-state index is -0.470. The Balaban J connectivity index is 1.73. The lowest BCUT2D eigenvalue weighted by Gasteiger charge is -2.05. The van der Waals surface area contributed by atoms with Crippen molar-refractivity contribution >= 4 is 29.4 Å². The van der Waals surface area contributed by atoms with Crippen LogP contribution in [-0.4, -0.2) is 15.9 Å². The highest BCUT2D eigenvalue weighted by molar-refractivity contribution is 7.99. The van der Waals surface area contributed by atoms with Crippen LogP contribution >= 0.6 is 11.8 Å². The van der Waals surface area contributed by atoms with E-state index in [1.807, 2.05) is 42.5 Å². The Bertz CT molecular complexity index is 892. The van der Waals surface area contributed by atoms with Crippen molar-refractivity contribution in [2.45, 2.75) is 9.79 Å². The minimum Gasteiger partial charge on any atom is -0.618 e. The van der Waals surface area contributed by atoms with E-state index in [-0.39, 0.29) is 5.69 Å². The predicted octanol–water partition coefficient (Wildman–Crippen LogP) is 5.01. The van der Waals surface area contributed by atoms with Crippen LogP contribution < -0.4 is 0 Å². The predicted molar refractivity (Wildman–Crippen MR) is 98.6 cm³/mol. The lowest BCUT2D eigenvalue weighted by molar-refractivity contribution is -0.384. The second-order valence-electron chi connectivity index (χ2n) is 5.21. The van der Waals surface area contributed by atoms with Crippen molar-refractivity contribution in [1.29, 1.82) is 0 Å². The normalized spacial score (nSPS) is 11.3. The van der Waals surface area contributed by atoms with Gasteiger partial charge < -0.3 is 5.21 Å². The van der Waals surface area contributed by atoms with E-state index in [4.69, 9.17) is 0 Å². The van der Waals surface area contributed by atoms with Crippen LogP contribution in [0.5, 0.6) is 0 Å². The summed E-state index contributed by atoms with van der Waals surface area (Å²) in [6, 6.07) is 23.1. The van der Waals surface area contributed by atoms with E-state index in [9.17, 15) is 15.3 Å².